The Hall–Kier alpha value is -1.89. The average Bonchev–Trinajstić information content (AvgIpc) is 2.59. The number of rotatable bonds is 7. The Kier molecular flexibility index (Phi) is 7.43. The van der Waals surface area contributed by atoms with Crippen LogP contribution in [0.5, 0.6) is 0 Å². The van der Waals surface area contributed by atoms with Crippen LogP contribution in [0.2, 0.25) is 0 Å². The van der Waals surface area contributed by atoms with Crippen molar-refractivity contribution in [1.29, 1.82) is 0 Å². The number of piperazine rings is 1. The Bertz CT molecular complexity index is 608. The molecule has 0 aliphatic carbocycles. The van der Waals surface area contributed by atoms with Crippen LogP contribution in [0.1, 0.15) is 52.0 Å². The summed E-state index contributed by atoms with van der Waals surface area (Å²) in [5.41, 5.74) is -0.306. The van der Waals surface area contributed by atoms with E-state index in [-0.39, 0.29) is 17.8 Å². The fraction of sp³-hybridized carbons (Fsp3) is 0.722. The van der Waals surface area contributed by atoms with Crippen molar-refractivity contribution in [3.63, 3.8) is 0 Å². The largest absolute Gasteiger partial charge is 0.349 e. The Morgan fingerprint density at radius 2 is 1.96 bits per heavy atom. The monoisotopic (exact) mass is 349 g/mol. The first-order valence-electron chi connectivity index (χ1n) is 9.35. The molecular formula is C18H31N5O2. The summed E-state index contributed by atoms with van der Waals surface area (Å²) in [5, 5.41) is 2.74. The van der Waals surface area contributed by atoms with E-state index in [4.69, 9.17) is 0 Å². The van der Waals surface area contributed by atoms with Crippen molar-refractivity contribution in [3.8, 4) is 0 Å². The van der Waals surface area contributed by atoms with Crippen molar-refractivity contribution >= 4 is 11.8 Å². The zero-order chi connectivity index (χ0) is 18.2. The molecule has 1 saturated heterocycles. The third kappa shape index (κ3) is 5.85. The number of unbranched alkanes of at least 4 members (excludes halogenated alkanes) is 3. The number of amides is 2. The van der Waals surface area contributed by atoms with Crippen LogP contribution in [0.15, 0.2) is 17.1 Å². The number of hydrogen-bond donors (Lipinski definition) is 1. The van der Waals surface area contributed by atoms with Gasteiger partial charge in [0.2, 0.25) is 0 Å². The molecule has 1 fully saturated rings. The van der Waals surface area contributed by atoms with Crippen LogP contribution >= 0.6 is 0 Å². The summed E-state index contributed by atoms with van der Waals surface area (Å²) in [6.07, 6.45) is 7.45. The second-order valence-electron chi connectivity index (χ2n) is 6.92. The number of likely N-dealkylation sites (N-methyl/N-ethyl adjacent to an activating group) is 1. The quantitative estimate of drug-likeness (QED) is 0.768. The highest BCUT2D eigenvalue weighted by atomic mass is 16.2. The number of urea groups is 1. The number of nitrogens with zero attached hydrogens (tertiary/aromatic N) is 4. The number of hydrogen-bond acceptors (Lipinski definition) is 4. The first-order chi connectivity index (χ1) is 12.0. The molecule has 0 radical (unpaired) electrons. The highest BCUT2D eigenvalue weighted by Gasteiger charge is 2.19. The van der Waals surface area contributed by atoms with Gasteiger partial charge in [-0.25, -0.2) is 9.59 Å². The maximum Gasteiger partial charge on any atom is 0.349 e. The van der Waals surface area contributed by atoms with E-state index in [1.165, 1.54) is 19.3 Å². The Balaban J connectivity index is 1.90. The fourth-order valence-electron chi connectivity index (χ4n) is 3.02. The van der Waals surface area contributed by atoms with Gasteiger partial charge < -0.3 is 9.80 Å². The number of carbonyl (C=O) groups is 1. The van der Waals surface area contributed by atoms with Gasteiger partial charge in [-0.3, -0.25) is 9.88 Å². The summed E-state index contributed by atoms with van der Waals surface area (Å²) >= 11 is 0. The van der Waals surface area contributed by atoms with Crippen molar-refractivity contribution in [2.24, 2.45) is 0 Å². The molecule has 0 aromatic carbocycles. The molecule has 2 amide bonds. The summed E-state index contributed by atoms with van der Waals surface area (Å²) in [4.78, 5) is 32.5. The van der Waals surface area contributed by atoms with Crippen LogP contribution in [-0.2, 0) is 0 Å². The molecule has 1 N–H and O–H groups in total. The van der Waals surface area contributed by atoms with Gasteiger partial charge in [0.1, 0.15) is 5.82 Å². The molecule has 2 rings (SSSR count). The van der Waals surface area contributed by atoms with Crippen LogP contribution in [-0.4, -0.2) is 58.6 Å². The van der Waals surface area contributed by atoms with Crippen LogP contribution in [0.25, 0.3) is 0 Å². The summed E-state index contributed by atoms with van der Waals surface area (Å²) < 4.78 is 1.65. The molecule has 140 valence electrons. The highest BCUT2D eigenvalue weighted by Crippen LogP contribution is 2.14. The standard InChI is InChI=1S/C18H31N5O2/c1-4-5-6-7-8-15(2)23-10-9-16(20-18(23)25)19-17(24)22-13-11-21(3)12-14-22/h9-10,15H,4-8,11-14H2,1-3H3,(H,19,20,24,25). The maximum absolute atomic E-state index is 12.3. The lowest BCUT2D eigenvalue weighted by atomic mass is 10.1. The van der Waals surface area contributed by atoms with Crippen molar-refractivity contribution in [2.75, 3.05) is 38.5 Å². The van der Waals surface area contributed by atoms with Gasteiger partial charge in [-0.05, 0) is 26.5 Å². The second kappa shape index (κ2) is 9.56. The molecule has 1 aromatic rings. The van der Waals surface area contributed by atoms with Gasteiger partial charge in [0, 0.05) is 38.4 Å². The number of aromatic nitrogens is 2. The third-order valence-electron chi connectivity index (χ3n) is 4.81. The molecule has 2 heterocycles. The lowest BCUT2D eigenvalue weighted by Gasteiger charge is -2.32. The lowest BCUT2D eigenvalue weighted by Crippen LogP contribution is -2.48. The summed E-state index contributed by atoms with van der Waals surface area (Å²) in [5.74, 6) is 0.323. The van der Waals surface area contributed by atoms with Gasteiger partial charge in [-0.15, -0.1) is 0 Å². The van der Waals surface area contributed by atoms with Gasteiger partial charge in [0.25, 0.3) is 0 Å². The summed E-state index contributed by atoms with van der Waals surface area (Å²) in [6.45, 7) is 7.32. The van der Waals surface area contributed by atoms with Gasteiger partial charge in [0.15, 0.2) is 0 Å². The van der Waals surface area contributed by atoms with E-state index in [0.29, 0.717) is 18.9 Å². The number of anilines is 1. The maximum atomic E-state index is 12.3. The third-order valence-corrected chi connectivity index (χ3v) is 4.81. The molecule has 1 aromatic heterocycles. The van der Waals surface area contributed by atoms with E-state index in [2.05, 4.69) is 22.1 Å². The number of carbonyl (C=O) groups excluding carboxylic acids is 1. The molecule has 1 aliphatic heterocycles. The second-order valence-corrected chi connectivity index (χ2v) is 6.92. The molecule has 0 spiro atoms. The molecule has 7 nitrogen and oxygen atoms in total. The molecule has 7 heteroatoms. The van der Waals surface area contributed by atoms with Gasteiger partial charge in [-0.2, -0.15) is 4.98 Å². The average molecular weight is 349 g/mol. The lowest BCUT2D eigenvalue weighted by molar-refractivity contribution is 0.164. The minimum atomic E-state index is -0.306. The van der Waals surface area contributed by atoms with Gasteiger partial charge in [0.05, 0.1) is 0 Å². The van der Waals surface area contributed by atoms with Crippen molar-refractivity contribution in [1.82, 2.24) is 19.4 Å². The Morgan fingerprint density at radius 3 is 2.60 bits per heavy atom. The predicted octanol–water partition coefficient (Wildman–Crippen LogP) is 2.55. The van der Waals surface area contributed by atoms with Crippen LogP contribution in [0.3, 0.4) is 0 Å². The van der Waals surface area contributed by atoms with Gasteiger partial charge in [-0.1, -0.05) is 32.6 Å². The summed E-state index contributed by atoms with van der Waals surface area (Å²) in [7, 11) is 2.04. The highest BCUT2D eigenvalue weighted by molar-refractivity contribution is 5.88. The van der Waals surface area contributed by atoms with E-state index in [1.807, 2.05) is 14.0 Å². The van der Waals surface area contributed by atoms with Crippen LogP contribution < -0.4 is 11.0 Å². The molecule has 0 saturated carbocycles. The number of nitrogens with one attached hydrogen (secondary N) is 1. The van der Waals surface area contributed by atoms with E-state index >= 15 is 0 Å². The SMILES string of the molecule is CCCCCCC(C)n1ccc(NC(=O)N2CCN(C)CC2)nc1=O. The Labute approximate surface area is 150 Å². The molecule has 0 bridgehead atoms. The fourth-order valence-corrected chi connectivity index (χ4v) is 3.02. The topological polar surface area (TPSA) is 70.5 Å². The van der Waals surface area contributed by atoms with Crippen LogP contribution in [0, 0.1) is 0 Å². The zero-order valence-corrected chi connectivity index (χ0v) is 15.7. The van der Waals surface area contributed by atoms with E-state index in [1.54, 1.807) is 21.7 Å². The first-order valence-corrected chi connectivity index (χ1v) is 9.35. The normalized spacial score (nSPS) is 16.7. The summed E-state index contributed by atoms with van der Waals surface area (Å²) in [6, 6.07) is 1.64. The Morgan fingerprint density at radius 1 is 1.24 bits per heavy atom. The predicted molar refractivity (Wildman–Crippen MR) is 100 cm³/mol. The molecule has 25 heavy (non-hydrogen) atoms. The molecular weight excluding hydrogens is 318 g/mol. The minimum absolute atomic E-state index is 0.124. The van der Waals surface area contributed by atoms with E-state index in [0.717, 1.165) is 25.9 Å². The molecule has 1 unspecified atom stereocenters. The molecule has 1 atom stereocenters. The smallest absolute Gasteiger partial charge is 0.322 e. The van der Waals surface area contributed by atoms with Crippen LogP contribution in [0.4, 0.5) is 10.6 Å². The first kappa shape index (κ1) is 19.4. The van der Waals surface area contributed by atoms with Crippen molar-refractivity contribution in [2.45, 2.75) is 52.0 Å². The van der Waals surface area contributed by atoms with E-state index in [9.17, 15) is 9.59 Å². The minimum Gasteiger partial charge on any atom is -0.322 e. The molecule has 1 aliphatic rings. The van der Waals surface area contributed by atoms with Crippen molar-refractivity contribution < 1.29 is 4.79 Å². The van der Waals surface area contributed by atoms with Gasteiger partial charge >= 0.3 is 11.7 Å². The van der Waals surface area contributed by atoms with E-state index < -0.39 is 0 Å². The van der Waals surface area contributed by atoms with Crippen molar-refractivity contribution in [3.05, 3.63) is 22.7 Å². The zero-order valence-electron chi connectivity index (χ0n) is 15.7.